The van der Waals surface area contributed by atoms with Crippen LogP contribution in [-0.4, -0.2) is 12.0 Å². The lowest BCUT2D eigenvalue weighted by Crippen LogP contribution is -2.19. The van der Waals surface area contributed by atoms with Crippen molar-refractivity contribution in [2.24, 2.45) is 0 Å². The second kappa shape index (κ2) is 6.23. The van der Waals surface area contributed by atoms with Crippen molar-refractivity contribution >= 4 is 33.3 Å². The number of hydrogen-bond acceptors (Lipinski definition) is 2. The lowest BCUT2D eigenvalue weighted by molar-refractivity contribution is -0.137. The Morgan fingerprint density at radius 3 is 2.38 bits per heavy atom. The highest BCUT2D eigenvalue weighted by atomic mass is 79.9. The van der Waals surface area contributed by atoms with Crippen LogP contribution in [0.1, 0.15) is 11.1 Å². The van der Waals surface area contributed by atoms with E-state index < -0.39 is 11.7 Å². The van der Waals surface area contributed by atoms with Crippen molar-refractivity contribution in [1.82, 2.24) is 4.98 Å². The van der Waals surface area contributed by atoms with E-state index in [1.807, 2.05) is 24.3 Å². The Bertz CT molecular complexity index is 629. The van der Waals surface area contributed by atoms with Gasteiger partial charge in [0.15, 0.2) is 0 Å². The molecule has 2 nitrogen and oxygen atoms in total. The third-order valence-corrected chi connectivity index (χ3v) is 3.55. The number of halogens is 5. The molecule has 0 N–H and O–H groups in total. The van der Waals surface area contributed by atoms with Gasteiger partial charge in [0.1, 0.15) is 11.0 Å². The van der Waals surface area contributed by atoms with Crippen LogP contribution in [0, 0.1) is 0 Å². The van der Waals surface area contributed by atoms with Gasteiger partial charge in [0.05, 0.1) is 5.56 Å². The number of nitrogens with zero attached hydrogens (tertiary/aromatic N) is 2. The fourth-order valence-corrected chi connectivity index (χ4v) is 2.26. The Labute approximate surface area is 133 Å². The highest BCUT2D eigenvalue weighted by molar-refractivity contribution is 9.10. The summed E-state index contributed by atoms with van der Waals surface area (Å²) in [4.78, 5) is 5.56. The Balaban J connectivity index is 2.24. The van der Waals surface area contributed by atoms with Crippen molar-refractivity contribution < 1.29 is 13.2 Å². The second-order valence-electron chi connectivity index (χ2n) is 4.52. The first kappa shape index (κ1) is 16.1. The summed E-state index contributed by atoms with van der Waals surface area (Å²) in [5.41, 5.74) is 0.149. The first-order valence-corrected chi connectivity index (χ1v) is 7.13. The first-order valence-electron chi connectivity index (χ1n) is 5.96. The van der Waals surface area contributed by atoms with E-state index in [0.717, 1.165) is 22.2 Å². The van der Waals surface area contributed by atoms with Crippen molar-refractivity contribution in [2.75, 3.05) is 11.9 Å². The Morgan fingerprint density at radius 1 is 1.19 bits per heavy atom. The van der Waals surface area contributed by atoms with Crippen LogP contribution in [0.5, 0.6) is 0 Å². The van der Waals surface area contributed by atoms with Crippen LogP contribution in [-0.2, 0) is 12.7 Å². The van der Waals surface area contributed by atoms with Crippen LogP contribution < -0.4 is 4.90 Å². The summed E-state index contributed by atoms with van der Waals surface area (Å²) >= 11 is 9.01. The van der Waals surface area contributed by atoms with Crippen molar-refractivity contribution in [1.29, 1.82) is 0 Å². The Kier molecular flexibility index (Phi) is 4.78. The van der Waals surface area contributed by atoms with Gasteiger partial charge in [-0.05, 0) is 29.8 Å². The summed E-state index contributed by atoms with van der Waals surface area (Å²) < 4.78 is 39.3. The molecule has 21 heavy (non-hydrogen) atoms. The molecule has 112 valence electrons. The molecule has 1 aromatic carbocycles. The number of aromatic nitrogens is 1. The third-order valence-electron chi connectivity index (χ3n) is 2.83. The number of hydrogen-bond donors (Lipinski definition) is 0. The molecule has 0 aliphatic carbocycles. The normalized spacial score (nSPS) is 11.5. The van der Waals surface area contributed by atoms with Crippen molar-refractivity contribution in [3.63, 3.8) is 0 Å². The van der Waals surface area contributed by atoms with Gasteiger partial charge in [-0.15, -0.1) is 0 Å². The van der Waals surface area contributed by atoms with Gasteiger partial charge in [0.2, 0.25) is 0 Å². The average molecular weight is 380 g/mol. The van der Waals surface area contributed by atoms with Crippen LogP contribution in [0.4, 0.5) is 19.0 Å². The van der Waals surface area contributed by atoms with Gasteiger partial charge in [-0.3, -0.25) is 0 Å². The predicted molar refractivity (Wildman–Crippen MR) is 80.5 cm³/mol. The second-order valence-corrected chi connectivity index (χ2v) is 5.82. The van der Waals surface area contributed by atoms with Crippen LogP contribution in [0.25, 0.3) is 0 Å². The van der Waals surface area contributed by atoms with Gasteiger partial charge in [-0.25, -0.2) is 4.98 Å². The molecule has 0 bridgehead atoms. The summed E-state index contributed by atoms with van der Waals surface area (Å²) in [6, 6.07) is 9.32. The van der Waals surface area contributed by atoms with Gasteiger partial charge in [0.25, 0.3) is 0 Å². The summed E-state index contributed by atoms with van der Waals surface area (Å²) in [5, 5.41) is -0.178. The molecule has 0 unspecified atom stereocenters. The third kappa shape index (κ3) is 4.35. The van der Waals surface area contributed by atoms with Gasteiger partial charge in [-0.1, -0.05) is 39.7 Å². The highest BCUT2D eigenvalue weighted by Crippen LogP contribution is 2.32. The minimum atomic E-state index is -4.44. The monoisotopic (exact) mass is 378 g/mol. The lowest BCUT2D eigenvalue weighted by atomic mass is 10.2. The fraction of sp³-hybridized carbons (Fsp3) is 0.214. The quantitative estimate of drug-likeness (QED) is 0.685. The smallest absolute Gasteiger partial charge is 0.355 e. The summed E-state index contributed by atoms with van der Waals surface area (Å²) in [7, 11) is 1.67. The minimum absolute atomic E-state index is 0.178. The maximum Gasteiger partial charge on any atom is 0.416 e. The van der Waals surface area contributed by atoms with Gasteiger partial charge in [0, 0.05) is 18.1 Å². The maximum atomic E-state index is 12.8. The average Bonchev–Trinajstić information content (AvgIpc) is 2.39. The highest BCUT2D eigenvalue weighted by Gasteiger charge is 2.31. The molecule has 2 rings (SSSR count). The van der Waals surface area contributed by atoms with Crippen LogP contribution >= 0.6 is 27.5 Å². The van der Waals surface area contributed by atoms with E-state index in [0.29, 0.717) is 6.54 Å². The van der Waals surface area contributed by atoms with E-state index in [1.54, 1.807) is 11.9 Å². The molecule has 0 fully saturated rings. The minimum Gasteiger partial charge on any atom is -0.355 e. The standard InChI is InChI=1S/C14H11BrClF3N2/c1-21(8-9-2-4-11(15)5-3-9)13-7-10(14(17,18)19)6-12(16)20-13/h2-7H,8H2,1H3. The molecule has 0 radical (unpaired) electrons. The fourth-order valence-electron chi connectivity index (χ4n) is 1.79. The number of benzene rings is 1. The topological polar surface area (TPSA) is 16.1 Å². The van der Waals surface area contributed by atoms with Crippen LogP contribution in [0.2, 0.25) is 5.15 Å². The molecule has 0 saturated heterocycles. The number of anilines is 1. The number of alkyl halides is 3. The van der Waals surface area contributed by atoms with E-state index in [9.17, 15) is 13.2 Å². The molecule has 2 aromatic rings. The summed E-state index contributed by atoms with van der Waals surface area (Å²) in [6.07, 6.45) is -4.44. The van der Waals surface area contributed by atoms with E-state index in [4.69, 9.17) is 11.6 Å². The molecular weight excluding hydrogens is 369 g/mol. The van der Waals surface area contributed by atoms with Gasteiger partial charge in [-0.2, -0.15) is 13.2 Å². The SMILES string of the molecule is CN(Cc1ccc(Br)cc1)c1cc(C(F)(F)F)cc(Cl)n1. The van der Waals surface area contributed by atoms with Gasteiger partial charge >= 0.3 is 6.18 Å². The van der Waals surface area contributed by atoms with E-state index in [1.165, 1.54) is 0 Å². The van der Waals surface area contributed by atoms with E-state index in [-0.39, 0.29) is 11.0 Å². The summed E-state index contributed by atoms with van der Waals surface area (Å²) in [6.45, 7) is 0.428. The number of pyridine rings is 1. The van der Waals surface area contributed by atoms with Crippen LogP contribution in [0.3, 0.4) is 0 Å². The molecule has 0 amide bonds. The Hall–Kier alpha value is -1.27. The van der Waals surface area contributed by atoms with Crippen molar-refractivity contribution in [3.8, 4) is 0 Å². The first-order chi connectivity index (χ1) is 9.75. The zero-order chi connectivity index (χ0) is 15.6. The molecule has 0 saturated carbocycles. The zero-order valence-electron chi connectivity index (χ0n) is 11.0. The molecule has 1 aromatic heterocycles. The molecular formula is C14H11BrClF3N2. The maximum absolute atomic E-state index is 12.8. The van der Waals surface area contributed by atoms with Crippen molar-refractivity contribution in [2.45, 2.75) is 12.7 Å². The molecule has 0 atom stereocenters. The summed E-state index contributed by atoms with van der Waals surface area (Å²) in [5.74, 6) is 0.178. The van der Waals surface area contributed by atoms with Crippen LogP contribution in [0.15, 0.2) is 40.9 Å². The Morgan fingerprint density at radius 2 is 1.81 bits per heavy atom. The van der Waals surface area contributed by atoms with Crippen molar-refractivity contribution in [3.05, 3.63) is 57.2 Å². The molecule has 0 aliphatic rings. The largest absolute Gasteiger partial charge is 0.416 e. The predicted octanol–water partition coefficient (Wildman–Crippen LogP) is 5.15. The zero-order valence-corrected chi connectivity index (χ0v) is 13.3. The number of rotatable bonds is 3. The van der Waals surface area contributed by atoms with E-state index >= 15 is 0 Å². The molecule has 7 heteroatoms. The lowest BCUT2D eigenvalue weighted by Gasteiger charge is -2.20. The molecule has 0 aliphatic heterocycles. The van der Waals surface area contributed by atoms with E-state index in [2.05, 4.69) is 20.9 Å². The molecule has 1 heterocycles. The van der Waals surface area contributed by atoms with Gasteiger partial charge < -0.3 is 4.90 Å². The molecule has 0 spiro atoms.